The van der Waals surface area contributed by atoms with E-state index in [0.29, 0.717) is 18.9 Å². The number of hydrogen-bond acceptors (Lipinski definition) is 6. The summed E-state index contributed by atoms with van der Waals surface area (Å²) < 4.78 is 1.42. The topological polar surface area (TPSA) is 59.9 Å². The summed E-state index contributed by atoms with van der Waals surface area (Å²) in [5, 5.41) is 7.39. The molecule has 3 fully saturated rings. The van der Waals surface area contributed by atoms with E-state index in [1.165, 1.54) is 47.4 Å². The molecule has 8 nitrogen and oxygen atoms in total. The molecule has 2 aliphatic heterocycles. The van der Waals surface area contributed by atoms with Gasteiger partial charge in [-0.3, -0.25) is 9.80 Å². The molecule has 8 heteroatoms. The Kier molecular flexibility index (Phi) is 6.61. The molecule has 34 heavy (non-hydrogen) atoms. The summed E-state index contributed by atoms with van der Waals surface area (Å²) in [6, 6.07) is 9.47. The van der Waals surface area contributed by atoms with Crippen LogP contribution in [-0.4, -0.2) is 88.9 Å². The largest absolute Gasteiger partial charge is 0.369 e. The van der Waals surface area contributed by atoms with Gasteiger partial charge in [0.25, 0.3) is 0 Å². The van der Waals surface area contributed by atoms with Gasteiger partial charge in [-0.05, 0) is 43.9 Å². The van der Waals surface area contributed by atoms with E-state index in [1.807, 2.05) is 11.8 Å². The van der Waals surface area contributed by atoms with Gasteiger partial charge in [0, 0.05) is 88.6 Å². The van der Waals surface area contributed by atoms with Crippen LogP contribution in [0.4, 0.5) is 16.3 Å². The molecule has 2 aromatic rings. The van der Waals surface area contributed by atoms with E-state index in [2.05, 4.69) is 56.8 Å². The molecule has 1 aliphatic carbocycles. The van der Waals surface area contributed by atoms with Crippen LogP contribution in [0.3, 0.4) is 0 Å². The highest BCUT2D eigenvalue weighted by Crippen LogP contribution is 2.30. The molecule has 2 saturated heterocycles. The molecule has 1 saturated carbocycles. The zero-order valence-electron chi connectivity index (χ0n) is 20.5. The number of nitrogens with one attached hydrogen (secondary N) is 1. The van der Waals surface area contributed by atoms with Gasteiger partial charge in [-0.2, -0.15) is 4.68 Å². The SMILES string of the molecule is C=C(C)Nc1ccn(C(=O)N2CCN(Cc3ccc(C)cc3N3CCN(C4CC4)CC3)CC2)n1. The highest BCUT2D eigenvalue weighted by atomic mass is 16.2. The highest BCUT2D eigenvalue weighted by Gasteiger charge is 2.32. The predicted octanol–water partition coefficient (Wildman–Crippen LogP) is 3.21. The van der Waals surface area contributed by atoms with Crippen molar-refractivity contribution in [1.82, 2.24) is 24.5 Å². The summed E-state index contributed by atoms with van der Waals surface area (Å²) in [7, 11) is 0. The molecule has 0 spiro atoms. The number of benzene rings is 1. The van der Waals surface area contributed by atoms with E-state index in [9.17, 15) is 4.79 Å². The van der Waals surface area contributed by atoms with Crippen molar-refractivity contribution in [1.29, 1.82) is 0 Å². The number of hydrogen-bond donors (Lipinski definition) is 1. The molecule has 182 valence electrons. The summed E-state index contributed by atoms with van der Waals surface area (Å²) in [6.45, 7) is 16.5. The van der Waals surface area contributed by atoms with E-state index in [4.69, 9.17) is 0 Å². The highest BCUT2D eigenvalue weighted by molar-refractivity contribution is 5.76. The number of nitrogens with zero attached hydrogens (tertiary/aromatic N) is 6. The Bertz CT molecular complexity index is 1030. The summed E-state index contributed by atoms with van der Waals surface area (Å²) in [6.07, 6.45) is 4.48. The minimum atomic E-state index is -0.0704. The van der Waals surface area contributed by atoms with Gasteiger partial charge in [-0.1, -0.05) is 18.7 Å². The number of piperazine rings is 2. The van der Waals surface area contributed by atoms with Gasteiger partial charge in [0.05, 0.1) is 0 Å². The molecule has 1 aromatic heterocycles. The van der Waals surface area contributed by atoms with Crippen LogP contribution < -0.4 is 10.2 Å². The lowest BCUT2D eigenvalue weighted by molar-refractivity contribution is 0.134. The quantitative estimate of drug-likeness (QED) is 0.710. The number of rotatable bonds is 6. The van der Waals surface area contributed by atoms with E-state index in [0.717, 1.165) is 44.5 Å². The first-order valence-electron chi connectivity index (χ1n) is 12.5. The number of carbonyl (C=O) groups is 1. The average Bonchev–Trinajstić information content (AvgIpc) is 3.59. The molecule has 0 radical (unpaired) electrons. The average molecular weight is 464 g/mol. The number of aryl methyl sites for hydroxylation is 1. The van der Waals surface area contributed by atoms with Crippen molar-refractivity contribution in [3.8, 4) is 0 Å². The molecular weight excluding hydrogens is 426 g/mol. The van der Waals surface area contributed by atoms with Crippen LogP contribution in [0.5, 0.6) is 0 Å². The van der Waals surface area contributed by atoms with Crippen LogP contribution in [0.2, 0.25) is 0 Å². The zero-order valence-corrected chi connectivity index (χ0v) is 20.5. The predicted molar refractivity (Wildman–Crippen MR) is 136 cm³/mol. The minimum absolute atomic E-state index is 0.0704. The fourth-order valence-electron chi connectivity index (χ4n) is 5.07. The van der Waals surface area contributed by atoms with Gasteiger partial charge in [0.15, 0.2) is 5.82 Å². The lowest BCUT2D eigenvalue weighted by atomic mass is 10.1. The second kappa shape index (κ2) is 9.80. The molecule has 0 unspecified atom stereocenters. The van der Waals surface area contributed by atoms with Crippen molar-refractivity contribution in [3.63, 3.8) is 0 Å². The van der Waals surface area contributed by atoms with Crippen LogP contribution in [0.1, 0.15) is 30.9 Å². The van der Waals surface area contributed by atoms with Gasteiger partial charge >= 0.3 is 6.03 Å². The lowest BCUT2D eigenvalue weighted by Crippen LogP contribution is -2.50. The molecule has 1 aromatic carbocycles. The maximum absolute atomic E-state index is 12.9. The van der Waals surface area contributed by atoms with Crippen LogP contribution in [0.25, 0.3) is 0 Å². The molecule has 1 N–H and O–H groups in total. The maximum Gasteiger partial charge on any atom is 0.344 e. The first kappa shape index (κ1) is 22.9. The molecule has 3 heterocycles. The number of aromatic nitrogens is 2. The monoisotopic (exact) mass is 463 g/mol. The third-order valence-corrected chi connectivity index (χ3v) is 7.12. The molecule has 5 rings (SSSR count). The third-order valence-electron chi connectivity index (χ3n) is 7.12. The number of anilines is 2. The van der Waals surface area contributed by atoms with Crippen LogP contribution in [-0.2, 0) is 6.54 Å². The molecule has 0 bridgehead atoms. The Labute approximate surface area is 202 Å². The summed E-state index contributed by atoms with van der Waals surface area (Å²) in [5.74, 6) is 0.643. The van der Waals surface area contributed by atoms with Crippen molar-refractivity contribution in [2.75, 3.05) is 62.6 Å². The molecule has 3 aliphatic rings. The second-order valence-electron chi connectivity index (χ2n) is 9.98. The van der Waals surface area contributed by atoms with E-state index in [1.54, 1.807) is 12.3 Å². The molecule has 0 atom stereocenters. The Hall–Kier alpha value is -2.84. The minimum Gasteiger partial charge on any atom is -0.369 e. The van der Waals surface area contributed by atoms with E-state index in [-0.39, 0.29) is 6.03 Å². The Morgan fingerprint density at radius 3 is 2.47 bits per heavy atom. The lowest BCUT2D eigenvalue weighted by Gasteiger charge is -2.38. The first-order chi connectivity index (χ1) is 16.5. The van der Waals surface area contributed by atoms with Gasteiger partial charge in [0.2, 0.25) is 0 Å². The number of carbonyl (C=O) groups excluding carboxylic acids is 1. The van der Waals surface area contributed by atoms with Crippen molar-refractivity contribution in [3.05, 3.63) is 53.9 Å². The van der Waals surface area contributed by atoms with E-state index >= 15 is 0 Å². The van der Waals surface area contributed by atoms with Crippen molar-refractivity contribution < 1.29 is 4.79 Å². The maximum atomic E-state index is 12.9. The fourth-order valence-corrected chi connectivity index (χ4v) is 5.07. The standard InChI is InChI=1S/C26H37N7O/c1-20(2)27-25-8-9-33(28-25)26(34)32-12-10-29(11-13-32)19-22-5-4-21(3)18-24(22)31-16-14-30(15-17-31)23-6-7-23/h4-5,8-9,18,23H,1,6-7,10-17,19H2,2-3H3,(H,27,28). The zero-order chi connectivity index (χ0) is 23.7. The van der Waals surface area contributed by atoms with Crippen molar-refractivity contribution in [2.24, 2.45) is 0 Å². The van der Waals surface area contributed by atoms with Crippen LogP contribution in [0, 0.1) is 6.92 Å². The Morgan fingerprint density at radius 2 is 1.79 bits per heavy atom. The van der Waals surface area contributed by atoms with Gasteiger partial charge < -0.3 is 15.1 Å². The van der Waals surface area contributed by atoms with E-state index < -0.39 is 0 Å². The third kappa shape index (κ3) is 5.28. The van der Waals surface area contributed by atoms with Gasteiger partial charge in [0.1, 0.15) is 0 Å². The van der Waals surface area contributed by atoms with Crippen molar-refractivity contribution in [2.45, 2.75) is 39.3 Å². The molecular formula is C26H37N7O. The van der Waals surface area contributed by atoms with Crippen molar-refractivity contribution >= 4 is 17.5 Å². The first-order valence-corrected chi connectivity index (χ1v) is 12.5. The summed E-state index contributed by atoms with van der Waals surface area (Å²) in [4.78, 5) is 22.5. The summed E-state index contributed by atoms with van der Waals surface area (Å²) in [5.41, 5.74) is 4.90. The van der Waals surface area contributed by atoms with Gasteiger partial charge in [-0.15, -0.1) is 5.10 Å². The fraction of sp³-hybridized carbons (Fsp3) is 0.538. The smallest absolute Gasteiger partial charge is 0.344 e. The second-order valence-corrected chi connectivity index (χ2v) is 9.98. The van der Waals surface area contributed by atoms with Gasteiger partial charge in [-0.25, -0.2) is 4.79 Å². The molecule has 1 amide bonds. The normalized spacial score (nSPS) is 19.9. The number of allylic oxidation sites excluding steroid dienone is 1. The van der Waals surface area contributed by atoms with Crippen LogP contribution >= 0.6 is 0 Å². The number of amides is 1. The Balaban J connectivity index is 1.17. The van der Waals surface area contributed by atoms with Crippen LogP contribution in [0.15, 0.2) is 42.7 Å². The Morgan fingerprint density at radius 1 is 1.06 bits per heavy atom. The summed E-state index contributed by atoms with van der Waals surface area (Å²) >= 11 is 0.